The highest BCUT2D eigenvalue weighted by Gasteiger charge is 2.15. The van der Waals surface area contributed by atoms with Gasteiger partial charge < -0.3 is 9.73 Å². The molecular weight excluding hydrogens is 308 g/mol. The smallest absolute Gasteiger partial charge is 0.269 e. The number of nitro groups is 1. The zero-order valence-corrected chi connectivity index (χ0v) is 13.1. The Bertz CT molecular complexity index is 850. The fourth-order valence-electron chi connectivity index (χ4n) is 2.50. The lowest BCUT2D eigenvalue weighted by atomic mass is 10.1. The number of non-ortho nitro benzene ring substituents is 1. The highest BCUT2D eigenvalue weighted by atomic mass is 16.6. The van der Waals surface area contributed by atoms with Gasteiger partial charge in [0, 0.05) is 17.5 Å². The maximum absolute atomic E-state index is 12.1. The molecule has 6 heteroatoms. The number of rotatable bonds is 5. The molecule has 1 amide bonds. The molecule has 1 atom stereocenters. The number of nitrogens with zero attached hydrogens (tertiary/aromatic N) is 1. The SMILES string of the molecule is CC(NC(=O)Cc1ccc([N+](=O)[O-])cc1)c1cc2ccccc2o1. The van der Waals surface area contributed by atoms with E-state index in [4.69, 9.17) is 4.42 Å². The second-order valence-corrected chi connectivity index (χ2v) is 5.58. The Labute approximate surface area is 138 Å². The number of nitrogens with one attached hydrogen (secondary N) is 1. The summed E-state index contributed by atoms with van der Waals surface area (Å²) in [6, 6.07) is 15.3. The van der Waals surface area contributed by atoms with Crippen molar-refractivity contribution in [1.82, 2.24) is 5.32 Å². The number of fused-ring (bicyclic) bond motifs is 1. The van der Waals surface area contributed by atoms with Crippen LogP contribution < -0.4 is 5.32 Å². The quantitative estimate of drug-likeness (QED) is 0.572. The lowest BCUT2D eigenvalue weighted by Crippen LogP contribution is -2.27. The first-order valence-electron chi connectivity index (χ1n) is 7.54. The molecule has 0 aliphatic heterocycles. The second-order valence-electron chi connectivity index (χ2n) is 5.58. The normalized spacial score (nSPS) is 12.0. The van der Waals surface area contributed by atoms with Gasteiger partial charge in [-0.05, 0) is 24.6 Å². The molecular formula is C18H16N2O4. The van der Waals surface area contributed by atoms with Gasteiger partial charge in [-0.15, -0.1) is 0 Å². The molecule has 0 spiro atoms. The van der Waals surface area contributed by atoms with Crippen molar-refractivity contribution in [2.45, 2.75) is 19.4 Å². The Morgan fingerprint density at radius 2 is 1.92 bits per heavy atom. The van der Waals surface area contributed by atoms with Crippen molar-refractivity contribution in [2.75, 3.05) is 0 Å². The van der Waals surface area contributed by atoms with Crippen LogP contribution in [0.1, 0.15) is 24.3 Å². The average molecular weight is 324 g/mol. The van der Waals surface area contributed by atoms with Crippen LogP contribution in [0.15, 0.2) is 59.0 Å². The molecule has 1 aromatic heterocycles. The summed E-state index contributed by atoms with van der Waals surface area (Å²) in [5, 5.41) is 14.5. The van der Waals surface area contributed by atoms with E-state index in [0.29, 0.717) is 5.76 Å². The number of hydrogen-bond acceptors (Lipinski definition) is 4. The minimum absolute atomic E-state index is 0.00908. The summed E-state index contributed by atoms with van der Waals surface area (Å²) >= 11 is 0. The molecule has 0 radical (unpaired) electrons. The lowest BCUT2D eigenvalue weighted by molar-refractivity contribution is -0.384. The van der Waals surface area contributed by atoms with Crippen LogP contribution in [0.25, 0.3) is 11.0 Å². The second kappa shape index (κ2) is 6.54. The van der Waals surface area contributed by atoms with Crippen molar-refractivity contribution >= 4 is 22.6 Å². The van der Waals surface area contributed by atoms with Gasteiger partial charge in [0.15, 0.2) is 0 Å². The number of furan rings is 1. The zero-order chi connectivity index (χ0) is 17.1. The minimum atomic E-state index is -0.465. The third-order valence-electron chi connectivity index (χ3n) is 3.76. The first kappa shape index (κ1) is 15.7. The van der Waals surface area contributed by atoms with Gasteiger partial charge in [-0.3, -0.25) is 14.9 Å². The Hall–Kier alpha value is -3.15. The van der Waals surface area contributed by atoms with E-state index < -0.39 is 4.92 Å². The van der Waals surface area contributed by atoms with Gasteiger partial charge >= 0.3 is 0 Å². The molecule has 6 nitrogen and oxygen atoms in total. The highest BCUT2D eigenvalue weighted by molar-refractivity contribution is 5.80. The number of para-hydroxylation sites is 1. The van der Waals surface area contributed by atoms with Crippen LogP contribution in [-0.4, -0.2) is 10.8 Å². The van der Waals surface area contributed by atoms with Crippen molar-refractivity contribution in [3.8, 4) is 0 Å². The molecule has 0 fully saturated rings. The maximum Gasteiger partial charge on any atom is 0.269 e. The standard InChI is InChI=1S/C18H16N2O4/c1-12(17-11-14-4-2-3-5-16(14)24-17)19-18(21)10-13-6-8-15(9-7-13)20(22)23/h2-9,11-12H,10H2,1H3,(H,19,21). The summed E-state index contributed by atoms with van der Waals surface area (Å²) in [7, 11) is 0. The van der Waals surface area contributed by atoms with Gasteiger partial charge in [0.05, 0.1) is 17.4 Å². The van der Waals surface area contributed by atoms with E-state index in [1.807, 2.05) is 37.3 Å². The highest BCUT2D eigenvalue weighted by Crippen LogP contribution is 2.23. The van der Waals surface area contributed by atoms with E-state index in [0.717, 1.165) is 16.5 Å². The Morgan fingerprint density at radius 1 is 1.21 bits per heavy atom. The Morgan fingerprint density at radius 3 is 2.58 bits per heavy atom. The Kier molecular flexibility index (Phi) is 4.29. The largest absolute Gasteiger partial charge is 0.459 e. The number of carbonyl (C=O) groups is 1. The van der Waals surface area contributed by atoms with Crippen molar-refractivity contribution in [2.24, 2.45) is 0 Å². The Balaban J connectivity index is 1.64. The molecule has 3 aromatic rings. The first-order chi connectivity index (χ1) is 11.5. The monoisotopic (exact) mass is 324 g/mol. The first-order valence-corrected chi connectivity index (χ1v) is 7.54. The summed E-state index contributed by atoms with van der Waals surface area (Å²) in [6.07, 6.45) is 0.155. The molecule has 0 aliphatic rings. The van der Waals surface area contributed by atoms with Gasteiger partial charge in [0.2, 0.25) is 5.91 Å². The number of nitro benzene ring substituents is 1. The maximum atomic E-state index is 12.1. The van der Waals surface area contributed by atoms with Crippen molar-refractivity contribution in [3.05, 3.63) is 76.0 Å². The van der Waals surface area contributed by atoms with Crippen molar-refractivity contribution < 1.29 is 14.1 Å². The molecule has 122 valence electrons. The number of carbonyl (C=O) groups excluding carboxylic acids is 1. The average Bonchev–Trinajstić information content (AvgIpc) is 2.99. The zero-order valence-electron chi connectivity index (χ0n) is 13.1. The summed E-state index contributed by atoms with van der Waals surface area (Å²) in [5.41, 5.74) is 1.51. The van der Waals surface area contributed by atoms with Gasteiger partial charge in [-0.1, -0.05) is 30.3 Å². The van der Waals surface area contributed by atoms with Crippen LogP contribution in [-0.2, 0) is 11.2 Å². The summed E-state index contributed by atoms with van der Waals surface area (Å²) in [6.45, 7) is 1.85. The van der Waals surface area contributed by atoms with Gasteiger partial charge in [-0.2, -0.15) is 0 Å². The van der Waals surface area contributed by atoms with Crippen LogP contribution >= 0.6 is 0 Å². The van der Waals surface area contributed by atoms with E-state index in [2.05, 4.69) is 5.32 Å². The van der Waals surface area contributed by atoms with Gasteiger partial charge in [0.25, 0.3) is 5.69 Å². The van der Waals surface area contributed by atoms with E-state index >= 15 is 0 Å². The fourth-order valence-corrected chi connectivity index (χ4v) is 2.50. The van der Waals surface area contributed by atoms with Crippen LogP contribution in [0.4, 0.5) is 5.69 Å². The van der Waals surface area contributed by atoms with Crippen LogP contribution in [0.3, 0.4) is 0 Å². The predicted octanol–water partition coefficient (Wildman–Crippen LogP) is 3.76. The molecule has 3 rings (SSSR count). The molecule has 0 aliphatic carbocycles. The van der Waals surface area contributed by atoms with E-state index in [9.17, 15) is 14.9 Å². The van der Waals surface area contributed by atoms with Crippen molar-refractivity contribution in [1.29, 1.82) is 0 Å². The molecule has 1 heterocycles. The van der Waals surface area contributed by atoms with E-state index in [1.165, 1.54) is 12.1 Å². The fraction of sp³-hybridized carbons (Fsp3) is 0.167. The molecule has 2 aromatic carbocycles. The third kappa shape index (κ3) is 3.43. The van der Waals surface area contributed by atoms with Crippen LogP contribution in [0.5, 0.6) is 0 Å². The van der Waals surface area contributed by atoms with Gasteiger partial charge in [-0.25, -0.2) is 0 Å². The lowest BCUT2D eigenvalue weighted by Gasteiger charge is -2.11. The van der Waals surface area contributed by atoms with E-state index in [-0.39, 0.29) is 24.1 Å². The molecule has 0 saturated carbocycles. The predicted molar refractivity (Wildman–Crippen MR) is 89.6 cm³/mol. The molecule has 0 saturated heterocycles. The number of hydrogen-bond donors (Lipinski definition) is 1. The molecule has 1 N–H and O–H groups in total. The van der Waals surface area contributed by atoms with Crippen LogP contribution in [0, 0.1) is 10.1 Å². The number of benzene rings is 2. The van der Waals surface area contributed by atoms with Gasteiger partial charge in [0.1, 0.15) is 11.3 Å². The summed E-state index contributed by atoms with van der Waals surface area (Å²) in [4.78, 5) is 22.3. The van der Waals surface area contributed by atoms with Crippen molar-refractivity contribution in [3.63, 3.8) is 0 Å². The molecule has 0 bridgehead atoms. The number of amides is 1. The minimum Gasteiger partial charge on any atom is -0.459 e. The summed E-state index contributed by atoms with van der Waals surface area (Å²) < 4.78 is 5.73. The molecule has 24 heavy (non-hydrogen) atoms. The summed E-state index contributed by atoms with van der Waals surface area (Å²) in [5.74, 6) is 0.519. The third-order valence-corrected chi connectivity index (χ3v) is 3.76. The molecule has 1 unspecified atom stereocenters. The van der Waals surface area contributed by atoms with Crippen LogP contribution in [0.2, 0.25) is 0 Å². The topological polar surface area (TPSA) is 85.4 Å². The van der Waals surface area contributed by atoms with E-state index in [1.54, 1.807) is 12.1 Å².